The van der Waals surface area contributed by atoms with Crippen LogP contribution in [-0.2, 0) is 13.0 Å². The Hall–Kier alpha value is -2.37. The van der Waals surface area contributed by atoms with Crippen LogP contribution in [0.5, 0.6) is 0 Å². The van der Waals surface area contributed by atoms with Crippen LogP contribution in [0.4, 0.5) is 5.82 Å². The van der Waals surface area contributed by atoms with Gasteiger partial charge in [-0.15, -0.1) is 0 Å². The van der Waals surface area contributed by atoms with E-state index in [1.807, 2.05) is 6.07 Å². The van der Waals surface area contributed by atoms with E-state index in [0.29, 0.717) is 17.9 Å². The maximum atomic E-state index is 12.4. The van der Waals surface area contributed by atoms with E-state index in [9.17, 15) is 4.79 Å². The number of anilines is 1. The molecule has 6 heteroatoms. The number of aromatic amines is 1. The molecule has 6 nitrogen and oxygen atoms in total. The second kappa shape index (κ2) is 6.18. The first kappa shape index (κ1) is 14.0. The number of nitrogens with one attached hydrogen (secondary N) is 1. The zero-order valence-corrected chi connectivity index (χ0v) is 11.8. The van der Waals surface area contributed by atoms with Gasteiger partial charge in [-0.25, -0.2) is 4.98 Å². The summed E-state index contributed by atoms with van der Waals surface area (Å²) in [5.41, 5.74) is 8.15. The molecule has 0 saturated heterocycles. The number of aryl methyl sites for hydroxylation is 1. The van der Waals surface area contributed by atoms with Crippen LogP contribution in [0.1, 0.15) is 35.0 Å². The highest BCUT2D eigenvalue weighted by Crippen LogP contribution is 2.13. The van der Waals surface area contributed by atoms with E-state index in [4.69, 9.17) is 5.73 Å². The molecule has 2 heterocycles. The van der Waals surface area contributed by atoms with E-state index in [0.717, 1.165) is 24.1 Å². The molecule has 0 atom stereocenters. The molecule has 0 aromatic carbocycles. The molecule has 20 heavy (non-hydrogen) atoms. The minimum Gasteiger partial charge on any atom is -0.384 e. The summed E-state index contributed by atoms with van der Waals surface area (Å²) < 4.78 is 0. The van der Waals surface area contributed by atoms with Crippen molar-refractivity contribution >= 4 is 11.7 Å². The number of aromatic nitrogens is 3. The lowest BCUT2D eigenvalue weighted by Crippen LogP contribution is -2.26. The molecule has 0 aliphatic heterocycles. The predicted octanol–water partition coefficient (Wildman–Crippen LogP) is 1.61. The number of nitrogen functional groups attached to an aromatic ring is 1. The van der Waals surface area contributed by atoms with Gasteiger partial charge in [-0.1, -0.05) is 13.3 Å². The molecule has 0 saturated carbocycles. The summed E-state index contributed by atoms with van der Waals surface area (Å²) in [6, 6.07) is 3.43. The Morgan fingerprint density at radius 2 is 2.25 bits per heavy atom. The van der Waals surface area contributed by atoms with Crippen LogP contribution >= 0.6 is 0 Å². The van der Waals surface area contributed by atoms with Crippen molar-refractivity contribution in [1.82, 2.24) is 20.1 Å². The Labute approximate surface area is 118 Å². The third-order valence-electron chi connectivity index (χ3n) is 2.97. The van der Waals surface area contributed by atoms with Gasteiger partial charge >= 0.3 is 0 Å². The van der Waals surface area contributed by atoms with Crippen molar-refractivity contribution in [1.29, 1.82) is 0 Å². The van der Waals surface area contributed by atoms with Crippen LogP contribution in [0.25, 0.3) is 0 Å². The molecule has 1 amide bonds. The first-order valence-electron chi connectivity index (χ1n) is 6.59. The van der Waals surface area contributed by atoms with Gasteiger partial charge in [0.2, 0.25) is 0 Å². The highest BCUT2D eigenvalue weighted by atomic mass is 16.2. The molecule has 0 radical (unpaired) electrons. The van der Waals surface area contributed by atoms with Crippen LogP contribution in [0.3, 0.4) is 0 Å². The largest absolute Gasteiger partial charge is 0.384 e. The van der Waals surface area contributed by atoms with Crippen molar-refractivity contribution in [3.63, 3.8) is 0 Å². The molecule has 2 rings (SSSR count). The fourth-order valence-electron chi connectivity index (χ4n) is 2.05. The number of carbonyl (C=O) groups excluding carboxylic acids is 1. The summed E-state index contributed by atoms with van der Waals surface area (Å²) in [6.45, 7) is 2.57. The zero-order chi connectivity index (χ0) is 14.5. The number of H-pyrrole nitrogens is 1. The summed E-state index contributed by atoms with van der Waals surface area (Å²) in [7, 11) is 1.76. The van der Waals surface area contributed by atoms with Crippen LogP contribution in [0.15, 0.2) is 24.5 Å². The third kappa shape index (κ3) is 3.34. The fraction of sp³-hybridized carbons (Fsp3) is 0.357. The Balaban J connectivity index is 2.15. The molecule has 106 valence electrons. The Morgan fingerprint density at radius 1 is 1.45 bits per heavy atom. The van der Waals surface area contributed by atoms with Crippen molar-refractivity contribution in [2.24, 2.45) is 0 Å². The molecule has 0 fully saturated rings. The summed E-state index contributed by atoms with van der Waals surface area (Å²) in [6.07, 6.45) is 5.26. The normalized spacial score (nSPS) is 10.5. The van der Waals surface area contributed by atoms with E-state index in [1.54, 1.807) is 30.4 Å². The summed E-state index contributed by atoms with van der Waals surface area (Å²) in [5.74, 6) is 0.314. The third-order valence-corrected chi connectivity index (χ3v) is 2.97. The highest BCUT2D eigenvalue weighted by molar-refractivity contribution is 5.94. The number of carbonyl (C=O) groups is 1. The van der Waals surface area contributed by atoms with Crippen molar-refractivity contribution in [3.05, 3.63) is 41.3 Å². The molecule has 0 bridgehead atoms. The monoisotopic (exact) mass is 273 g/mol. The van der Waals surface area contributed by atoms with Crippen molar-refractivity contribution in [2.45, 2.75) is 26.3 Å². The van der Waals surface area contributed by atoms with Crippen molar-refractivity contribution in [3.8, 4) is 0 Å². The summed E-state index contributed by atoms with van der Waals surface area (Å²) in [5, 5.41) is 6.60. The number of hydrogen-bond acceptors (Lipinski definition) is 4. The zero-order valence-electron chi connectivity index (χ0n) is 11.8. The number of nitrogens with two attached hydrogens (primary N) is 1. The predicted molar refractivity (Wildman–Crippen MR) is 77.0 cm³/mol. The highest BCUT2D eigenvalue weighted by Gasteiger charge is 2.14. The van der Waals surface area contributed by atoms with Gasteiger partial charge in [0, 0.05) is 36.6 Å². The molecular weight excluding hydrogens is 254 g/mol. The topological polar surface area (TPSA) is 87.9 Å². The molecule has 2 aromatic heterocycles. The second-order valence-corrected chi connectivity index (χ2v) is 4.79. The summed E-state index contributed by atoms with van der Waals surface area (Å²) in [4.78, 5) is 18.3. The molecule has 0 aliphatic rings. The fourth-order valence-corrected chi connectivity index (χ4v) is 2.05. The van der Waals surface area contributed by atoms with Crippen LogP contribution in [0.2, 0.25) is 0 Å². The van der Waals surface area contributed by atoms with Crippen LogP contribution < -0.4 is 5.73 Å². The van der Waals surface area contributed by atoms with E-state index in [-0.39, 0.29) is 5.91 Å². The number of hydrogen-bond donors (Lipinski definition) is 2. The Morgan fingerprint density at radius 3 is 2.90 bits per heavy atom. The standard InChI is InChI=1S/C14H19N5O/c1-3-4-12-5-11(6-13(15)18-12)14(20)19(2)9-10-7-16-17-8-10/h5-8H,3-4,9H2,1-2H3,(H2,15,18)(H,16,17). The van der Waals surface area contributed by atoms with Gasteiger partial charge in [-0.3, -0.25) is 9.89 Å². The number of rotatable bonds is 5. The van der Waals surface area contributed by atoms with Gasteiger partial charge in [0.15, 0.2) is 0 Å². The maximum Gasteiger partial charge on any atom is 0.254 e. The first-order valence-corrected chi connectivity index (χ1v) is 6.59. The van der Waals surface area contributed by atoms with E-state index in [1.165, 1.54) is 0 Å². The Bertz CT molecular complexity index is 579. The first-order chi connectivity index (χ1) is 9.60. The van der Waals surface area contributed by atoms with E-state index >= 15 is 0 Å². The van der Waals surface area contributed by atoms with Gasteiger partial charge in [0.1, 0.15) is 5.82 Å². The minimum absolute atomic E-state index is 0.0716. The average molecular weight is 273 g/mol. The molecule has 0 spiro atoms. The quantitative estimate of drug-likeness (QED) is 0.866. The molecule has 0 unspecified atom stereocenters. The molecule has 0 aliphatic carbocycles. The van der Waals surface area contributed by atoms with E-state index in [2.05, 4.69) is 22.1 Å². The molecule has 2 aromatic rings. The smallest absolute Gasteiger partial charge is 0.254 e. The van der Waals surface area contributed by atoms with Gasteiger partial charge in [-0.2, -0.15) is 5.10 Å². The van der Waals surface area contributed by atoms with E-state index < -0.39 is 0 Å². The Kier molecular flexibility index (Phi) is 4.34. The minimum atomic E-state index is -0.0716. The summed E-state index contributed by atoms with van der Waals surface area (Å²) >= 11 is 0. The average Bonchev–Trinajstić information content (AvgIpc) is 2.90. The number of amides is 1. The van der Waals surface area contributed by atoms with Gasteiger partial charge < -0.3 is 10.6 Å². The SMILES string of the molecule is CCCc1cc(C(=O)N(C)Cc2cn[nH]c2)cc(N)n1. The lowest BCUT2D eigenvalue weighted by molar-refractivity contribution is 0.0785. The van der Waals surface area contributed by atoms with Gasteiger partial charge in [0.25, 0.3) is 5.91 Å². The van der Waals surface area contributed by atoms with Crippen molar-refractivity contribution in [2.75, 3.05) is 12.8 Å². The van der Waals surface area contributed by atoms with Crippen molar-refractivity contribution < 1.29 is 4.79 Å². The van der Waals surface area contributed by atoms with Gasteiger partial charge in [0.05, 0.1) is 6.20 Å². The molecule has 3 N–H and O–H groups in total. The number of nitrogens with zero attached hydrogens (tertiary/aromatic N) is 3. The lowest BCUT2D eigenvalue weighted by atomic mass is 10.1. The maximum absolute atomic E-state index is 12.4. The van der Waals surface area contributed by atoms with Crippen LogP contribution in [-0.4, -0.2) is 33.0 Å². The number of pyridine rings is 1. The second-order valence-electron chi connectivity index (χ2n) is 4.79. The van der Waals surface area contributed by atoms with Gasteiger partial charge in [-0.05, 0) is 18.6 Å². The lowest BCUT2D eigenvalue weighted by Gasteiger charge is -2.17. The molecular formula is C14H19N5O. The van der Waals surface area contributed by atoms with Crippen LogP contribution in [0, 0.1) is 0 Å².